The van der Waals surface area contributed by atoms with Crippen molar-refractivity contribution in [3.8, 4) is 0 Å². The van der Waals surface area contributed by atoms with E-state index in [4.69, 9.17) is 11.6 Å². The molecular formula is C28H29ClFN3O4S. The molecule has 1 N–H and O–H groups in total. The second kappa shape index (κ2) is 12.1. The van der Waals surface area contributed by atoms with Crippen LogP contribution in [0.1, 0.15) is 29.5 Å². The highest BCUT2D eigenvalue weighted by atomic mass is 35.5. The van der Waals surface area contributed by atoms with Gasteiger partial charge < -0.3 is 10.2 Å². The minimum atomic E-state index is -4.16. The summed E-state index contributed by atoms with van der Waals surface area (Å²) in [7, 11) is -4.16. The predicted octanol–water partition coefficient (Wildman–Crippen LogP) is 4.78. The topological polar surface area (TPSA) is 86.8 Å². The Morgan fingerprint density at radius 2 is 1.66 bits per heavy atom. The zero-order valence-electron chi connectivity index (χ0n) is 21.0. The molecule has 3 aromatic carbocycles. The van der Waals surface area contributed by atoms with Gasteiger partial charge in [0.15, 0.2) is 0 Å². The van der Waals surface area contributed by atoms with Gasteiger partial charge in [0.1, 0.15) is 5.82 Å². The summed E-state index contributed by atoms with van der Waals surface area (Å²) in [6.07, 6.45) is 2.33. The van der Waals surface area contributed by atoms with Gasteiger partial charge in [-0.3, -0.25) is 9.59 Å². The summed E-state index contributed by atoms with van der Waals surface area (Å²) in [5, 5.41) is 2.75. The molecule has 0 atom stereocenters. The number of carbonyl (C=O) groups excluding carboxylic acids is 2. The first kappa shape index (κ1) is 27.8. The van der Waals surface area contributed by atoms with Crippen molar-refractivity contribution < 1.29 is 22.4 Å². The summed E-state index contributed by atoms with van der Waals surface area (Å²) in [4.78, 5) is 27.2. The normalized spacial score (nSPS) is 13.6. The van der Waals surface area contributed by atoms with E-state index in [0.29, 0.717) is 5.69 Å². The molecule has 1 aliphatic heterocycles. The number of sulfonamides is 1. The highest BCUT2D eigenvalue weighted by Crippen LogP contribution is 2.25. The Hall–Kier alpha value is -3.27. The van der Waals surface area contributed by atoms with E-state index >= 15 is 0 Å². The van der Waals surface area contributed by atoms with Crippen LogP contribution in [-0.2, 0) is 32.6 Å². The smallest absolute Gasteiger partial charge is 0.243 e. The number of benzene rings is 3. The van der Waals surface area contributed by atoms with Crippen molar-refractivity contribution in [1.82, 2.24) is 9.21 Å². The summed E-state index contributed by atoms with van der Waals surface area (Å²) >= 11 is 6.16. The maximum atomic E-state index is 14.5. The molecule has 38 heavy (non-hydrogen) atoms. The molecule has 1 heterocycles. The molecule has 0 saturated carbocycles. The minimum absolute atomic E-state index is 0.0182. The maximum absolute atomic E-state index is 14.5. The van der Waals surface area contributed by atoms with E-state index in [2.05, 4.69) is 5.32 Å². The Kier molecular flexibility index (Phi) is 8.81. The average molecular weight is 558 g/mol. The van der Waals surface area contributed by atoms with Gasteiger partial charge in [-0.05, 0) is 61.7 Å². The third-order valence-corrected chi connectivity index (χ3v) is 8.59. The van der Waals surface area contributed by atoms with Crippen molar-refractivity contribution in [2.45, 2.75) is 37.6 Å². The summed E-state index contributed by atoms with van der Waals surface area (Å²) in [6, 6.07) is 17.1. The average Bonchev–Trinajstić information content (AvgIpc) is 3.42. The van der Waals surface area contributed by atoms with E-state index in [-0.39, 0.29) is 27.8 Å². The SMILES string of the molecule is Cc1ccc(S(=O)(=O)N(CC(=O)Nc2ccc(CC(=O)N3CCCC3)cc2)Cc2c(F)cccc2Cl)cc1. The molecule has 1 aliphatic rings. The number of rotatable bonds is 9. The Morgan fingerprint density at radius 3 is 2.29 bits per heavy atom. The molecule has 1 fully saturated rings. The standard InChI is InChI=1S/C28H29ClFN3O4S/c1-20-7-13-23(14-8-20)38(36,37)33(18-24-25(29)5-4-6-26(24)30)19-27(34)31-22-11-9-21(10-12-22)17-28(35)32-15-2-3-16-32/h4-14H,2-3,15-19H2,1H3,(H,31,34). The first-order valence-corrected chi connectivity index (χ1v) is 14.1. The van der Waals surface area contributed by atoms with Gasteiger partial charge in [-0.25, -0.2) is 12.8 Å². The van der Waals surface area contributed by atoms with Crippen molar-refractivity contribution in [3.05, 3.63) is 94.3 Å². The van der Waals surface area contributed by atoms with E-state index in [1.165, 1.54) is 30.3 Å². The van der Waals surface area contributed by atoms with Gasteiger partial charge in [0.25, 0.3) is 0 Å². The summed E-state index contributed by atoms with van der Waals surface area (Å²) in [5.41, 5.74) is 2.11. The van der Waals surface area contributed by atoms with Gasteiger partial charge in [-0.2, -0.15) is 4.31 Å². The fraction of sp³-hybridized carbons (Fsp3) is 0.286. The molecule has 2 amide bonds. The van der Waals surface area contributed by atoms with Crippen LogP contribution in [0.25, 0.3) is 0 Å². The fourth-order valence-electron chi connectivity index (χ4n) is 4.26. The van der Waals surface area contributed by atoms with E-state index < -0.39 is 34.8 Å². The number of likely N-dealkylation sites (tertiary alicyclic amines) is 1. The molecule has 0 aliphatic carbocycles. The van der Waals surface area contributed by atoms with E-state index in [1.54, 1.807) is 36.4 Å². The summed E-state index contributed by atoms with van der Waals surface area (Å²) < 4.78 is 42.4. The van der Waals surface area contributed by atoms with Crippen molar-refractivity contribution in [2.24, 2.45) is 0 Å². The number of aryl methyl sites for hydroxylation is 1. The van der Waals surface area contributed by atoms with Crippen molar-refractivity contribution in [2.75, 3.05) is 25.0 Å². The molecule has 200 valence electrons. The van der Waals surface area contributed by atoms with Crippen LogP contribution in [0.2, 0.25) is 5.02 Å². The highest BCUT2D eigenvalue weighted by molar-refractivity contribution is 7.89. The number of hydrogen-bond acceptors (Lipinski definition) is 4. The Labute approximate surface area is 227 Å². The lowest BCUT2D eigenvalue weighted by atomic mass is 10.1. The fourth-order valence-corrected chi connectivity index (χ4v) is 5.85. The molecule has 1 saturated heterocycles. The lowest BCUT2D eigenvalue weighted by molar-refractivity contribution is -0.129. The molecule has 10 heteroatoms. The molecule has 0 unspecified atom stereocenters. The largest absolute Gasteiger partial charge is 0.342 e. The number of hydrogen-bond donors (Lipinski definition) is 1. The van der Waals surface area contributed by atoms with Crippen LogP contribution in [0.15, 0.2) is 71.6 Å². The van der Waals surface area contributed by atoms with Gasteiger partial charge in [-0.15, -0.1) is 0 Å². The molecule has 3 aromatic rings. The van der Waals surface area contributed by atoms with Gasteiger partial charge >= 0.3 is 0 Å². The Balaban J connectivity index is 1.49. The maximum Gasteiger partial charge on any atom is 0.243 e. The molecule has 0 spiro atoms. The number of nitrogens with one attached hydrogen (secondary N) is 1. The zero-order chi connectivity index (χ0) is 27.3. The molecule has 0 aromatic heterocycles. The van der Waals surface area contributed by atoms with Crippen molar-refractivity contribution in [3.63, 3.8) is 0 Å². The predicted molar refractivity (Wildman–Crippen MR) is 145 cm³/mol. The molecule has 7 nitrogen and oxygen atoms in total. The molecule has 0 bridgehead atoms. The number of anilines is 1. The third kappa shape index (κ3) is 6.78. The van der Waals surface area contributed by atoms with Crippen LogP contribution in [-0.4, -0.2) is 49.1 Å². The zero-order valence-corrected chi connectivity index (χ0v) is 22.6. The minimum Gasteiger partial charge on any atom is -0.342 e. The monoisotopic (exact) mass is 557 g/mol. The number of amides is 2. The van der Waals surface area contributed by atoms with Crippen molar-refractivity contribution >= 4 is 39.1 Å². The van der Waals surface area contributed by atoms with E-state index in [1.807, 2.05) is 11.8 Å². The van der Waals surface area contributed by atoms with Gasteiger partial charge in [0.05, 0.1) is 17.9 Å². The summed E-state index contributed by atoms with van der Waals surface area (Å²) in [6.45, 7) is 2.41. The lowest BCUT2D eigenvalue weighted by Gasteiger charge is -2.23. The number of nitrogens with zero attached hydrogens (tertiary/aromatic N) is 2. The van der Waals surface area contributed by atoms with Crippen LogP contribution >= 0.6 is 11.6 Å². The molecular weight excluding hydrogens is 529 g/mol. The first-order valence-electron chi connectivity index (χ1n) is 12.3. The lowest BCUT2D eigenvalue weighted by Crippen LogP contribution is -2.38. The Bertz CT molecular complexity index is 1390. The van der Waals surface area contributed by atoms with E-state index in [9.17, 15) is 22.4 Å². The van der Waals surface area contributed by atoms with Crippen LogP contribution in [0.3, 0.4) is 0 Å². The highest BCUT2D eigenvalue weighted by Gasteiger charge is 2.28. The van der Waals surface area contributed by atoms with Crippen LogP contribution in [0.4, 0.5) is 10.1 Å². The number of halogens is 2. The number of carbonyl (C=O) groups is 2. The van der Waals surface area contributed by atoms with Gasteiger partial charge in [0.2, 0.25) is 21.8 Å². The second-order valence-electron chi connectivity index (χ2n) is 9.30. The van der Waals surface area contributed by atoms with Crippen molar-refractivity contribution in [1.29, 1.82) is 0 Å². The quantitative estimate of drug-likeness (QED) is 0.410. The second-order valence-corrected chi connectivity index (χ2v) is 11.6. The Morgan fingerprint density at radius 1 is 1.00 bits per heavy atom. The van der Waals surface area contributed by atoms with Crippen LogP contribution in [0.5, 0.6) is 0 Å². The van der Waals surface area contributed by atoms with E-state index in [0.717, 1.165) is 41.4 Å². The first-order chi connectivity index (χ1) is 18.1. The van der Waals surface area contributed by atoms with Crippen LogP contribution in [0, 0.1) is 12.7 Å². The van der Waals surface area contributed by atoms with Crippen LogP contribution < -0.4 is 5.32 Å². The molecule has 0 radical (unpaired) electrons. The third-order valence-electron chi connectivity index (χ3n) is 6.43. The molecule has 4 rings (SSSR count). The summed E-state index contributed by atoms with van der Waals surface area (Å²) in [5.74, 6) is -1.20. The van der Waals surface area contributed by atoms with Gasteiger partial charge in [-0.1, -0.05) is 47.5 Å². The van der Waals surface area contributed by atoms with Gasteiger partial charge in [0, 0.05) is 35.9 Å².